The lowest BCUT2D eigenvalue weighted by atomic mass is 10.0. The number of aromatic hydroxyl groups is 1. The minimum atomic E-state index is -1.83. The lowest BCUT2D eigenvalue weighted by Crippen LogP contribution is -2.30. The number of hydrogen-bond donors (Lipinski definition) is 3. The standard InChI is InChI=1S/C14H14ClNO5/c1-2-21-14(20)13(19)12(18)8-6-9(15)7-4-3-5-16-10(7)11(8)17/h3-6,12-13,17-19H,2H2,1H3. The van der Waals surface area contributed by atoms with Crippen molar-refractivity contribution in [3.8, 4) is 5.75 Å². The molecule has 2 unspecified atom stereocenters. The Hall–Kier alpha value is -1.89. The van der Waals surface area contributed by atoms with Crippen LogP contribution in [0.5, 0.6) is 5.75 Å². The summed E-state index contributed by atoms with van der Waals surface area (Å²) in [5.41, 5.74) is 0.0851. The average molecular weight is 312 g/mol. The predicted octanol–water partition coefficient (Wildman–Crippen LogP) is 1.55. The molecule has 1 heterocycles. The number of carbonyl (C=O) groups is 1. The molecule has 7 heteroatoms. The number of hydrogen-bond acceptors (Lipinski definition) is 6. The average Bonchev–Trinajstić information content (AvgIpc) is 2.49. The van der Waals surface area contributed by atoms with Crippen LogP contribution in [-0.2, 0) is 9.53 Å². The van der Waals surface area contributed by atoms with E-state index in [1.807, 2.05) is 0 Å². The monoisotopic (exact) mass is 311 g/mol. The van der Waals surface area contributed by atoms with E-state index >= 15 is 0 Å². The Morgan fingerprint density at radius 2 is 2.19 bits per heavy atom. The normalized spacial score (nSPS) is 13.9. The van der Waals surface area contributed by atoms with E-state index < -0.39 is 18.2 Å². The topological polar surface area (TPSA) is 99.9 Å². The second-order valence-electron chi connectivity index (χ2n) is 4.34. The first-order valence-corrected chi connectivity index (χ1v) is 6.64. The maximum absolute atomic E-state index is 11.5. The van der Waals surface area contributed by atoms with Gasteiger partial charge in [-0.3, -0.25) is 4.98 Å². The highest BCUT2D eigenvalue weighted by atomic mass is 35.5. The Balaban J connectivity index is 2.47. The molecular weight excluding hydrogens is 298 g/mol. The Morgan fingerprint density at radius 3 is 2.86 bits per heavy atom. The molecule has 2 rings (SSSR count). The zero-order chi connectivity index (χ0) is 15.6. The van der Waals surface area contributed by atoms with Gasteiger partial charge in [0.25, 0.3) is 0 Å². The van der Waals surface area contributed by atoms with Gasteiger partial charge in [0.15, 0.2) is 6.10 Å². The van der Waals surface area contributed by atoms with Gasteiger partial charge in [0.1, 0.15) is 17.4 Å². The maximum Gasteiger partial charge on any atom is 0.338 e. The van der Waals surface area contributed by atoms with Crippen LogP contribution in [0.2, 0.25) is 5.02 Å². The van der Waals surface area contributed by atoms with Crippen molar-refractivity contribution in [2.45, 2.75) is 19.1 Å². The summed E-state index contributed by atoms with van der Waals surface area (Å²) < 4.78 is 4.62. The van der Waals surface area contributed by atoms with Crippen molar-refractivity contribution < 1.29 is 24.9 Å². The largest absolute Gasteiger partial charge is 0.505 e. The van der Waals surface area contributed by atoms with E-state index in [9.17, 15) is 20.1 Å². The van der Waals surface area contributed by atoms with E-state index in [4.69, 9.17) is 11.6 Å². The van der Waals surface area contributed by atoms with Gasteiger partial charge in [-0.1, -0.05) is 11.6 Å². The lowest BCUT2D eigenvalue weighted by Gasteiger charge is -2.18. The number of aliphatic hydroxyl groups is 2. The summed E-state index contributed by atoms with van der Waals surface area (Å²) in [6.45, 7) is 1.64. The molecule has 6 nitrogen and oxygen atoms in total. The van der Waals surface area contributed by atoms with Gasteiger partial charge in [0, 0.05) is 17.1 Å². The summed E-state index contributed by atoms with van der Waals surface area (Å²) >= 11 is 6.06. The number of phenolic OH excluding ortho intramolecular Hbond substituents is 1. The molecule has 0 fully saturated rings. The lowest BCUT2D eigenvalue weighted by molar-refractivity contribution is -0.159. The first kappa shape index (κ1) is 15.5. The maximum atomic E-state index is 11.5. The first-order chi connectivity index (χ1) is 9.97. The smallest absolute Gasteiger partial charge is 0.338 e. The van der Waals surface area contributed by atoms with Crippen molar-refractivity contribution in [2.75, 3.05) is 6.61 Å². The fraction of sp³-hybridized carbons (Fsp3) is 0.286. The number of halogens is 1. The molecule has 3 N–H and O–H groups in total. The number of aromatic nitrogens is 1. The molecule has 112 valence electrons. The Morgan fingerprint density at radius 1 is 1.48 bits per heavy atom. The molecule has 21 heavy (non-hydrogen) atoms. The van der Waals surface area contributed by atoms with Crippen LogP contribution >= 0.6 is 11.6 Å². The molecule has 0 aliphatic rings. The molecule has 0 bridgehead atoms. The van der Waals surface area contributed by atoms with Gasteiger partial charge >= 0.3 is 5.97 Å². The fourth-order valence-electron chi connectivity index (χ4n) is 1.96. The third-order valence-corrected chi connectivity index (χ3v) is 3.30. The number of phenols is 1. The van der Waals surface area contributed by atoms with E-state index in [2.05, 4.69) is 9.72 Å². The zero-order valence-corrected chi connectivity index (χ0v) is 11.9. The van der Waals surface area contributed by atoms with Crippen LogP contribution in [0.25, 0.3) is 10.9 Å². The molecule has 0 radical (unpaired) electrons. The predicted molar refractivity (Wildman–Crippen MR) is 76.0 cm³/mol. The highest BCUT2D eigenvalue weighted by Crippen LogP contribution is 2.37. The minimum absolute atomic E-state index is 0.0641. The van der Waals surface area contributed by atoms with Crippen molar-refractivity contribution >= 4 is 28.5 Å². The van der Waals surface area contributed by atoms with Gasteiger partial charge in [0.2, 0.25) is 0 Å². The second-order valence-corrected chi connectivity index (χ2v) is 4.74. The molecule has 1 aromatic heterocycles. The summed E-state index contributed by atoms with van der Waals surface area (Å²) in [5, 5.41) is 30.7. The number of benzene rings is 1. The fourth-order valence-corrected chi connectivity index (χ4v) is 2.23. The number of nitrogens with zero attached hydrogens (tertiary/aromatic N) is 1. The van der Waals surface area contributed by atoms with Gasteiger partial charge in [-0.25, -0.2) is 4.79 Å². The number of esters is 1. The summed E-state index contributed by atoms with van der Waals surface area (Å²) in [7, 11) is 0. The van der Waals surface area contributed by atoms with Crippen LogP contribution in [0, 0.1) is 0 Å². The number of aliphatic hydroxyl groups excluding tert-OH is 2. The molecule has 0 aliphatic carbocycles. The number of carbonyl (C=O) groups excluding carboxylic acids is 1. The summed E-state index contributed by atoms with van der Waals surface area (Å²) in [5.74, 6) is -1.33. The van der Waals surface area contributed by atoms with E-state index in [-0.39, 0.29) is 28.5 Å². The van der Waals surface area contributed by atoms with Crippen molar-refractivity contribution in [3.63, 3.8) is 0 Å². The van der Waals surface area contributed by atoms with E-state index in [1.54, 1.807) is 19.1 Å². The number of rotatable bonds is 4. The SMILES string of the molecule is CCOC(=O)C(O)C(O)c1cc(Cl)c2cccnc2c1O. The minimum Gasteiger partial charge on any atom is -0.505 e. The van der Waals surface area contributed by atoms with Crippen LogP contribution in [0.1, 0.15) is 18.6 Å². The molecule has 2 atom stereocenters. The second kappa shape index (κ2) is 6.26. The van der Waals surface area contributed by atoms with Gasteiger partial charge in [-0.15, -0.1) is 0 Å². The van der Waals surface area contributed by atoms with Crippen molar-refractivity contribution in [1.82, 2.24) is 4.98 Å². The van der Waals surface area contributed by atoms with Crippen molar-refractivity contribution in [2.24, 2.45) is 0 Å². The van der Waals surface area contributed by atoms with Gasteiger partial charge in [-0.2, -0.15) is 0 Å². The molecule has 0 saturated heterocycles. The van der Waals surface area contributed by atoms with Crippen LogP contribution in [0.3, 0.4) is 0 Å². The molecule has 1 aromatic carbocycles. The number of ether oxygens (including phenoxy) is 1. The third kappa shape index (κ3) is 2.92. The molecule has 0 saturated carbocycles. The highest BCUT2D eigenvalue weighted by Gasteiger charge is 2.30. The molecular formula is C14H14ClNO5. The molecule has 0 spiro atoms. The van der Waals surface area contributed by atoms with Crippen molar-refractivity contribution in [3.05, 3.63) is 35.0 Å². The molecule has 0 aliphatic heterocycles. The van der Waals surface area contributed by atoms with E-state index in [0.717, 1.165) is 0 Å². The summed E-state index contributed by atoms with van der Waals surface area (Å²) in [6, 6.07) is 4.59. The van der Waals surface area contributed by atoms with Crippen LogP contribution in [0.4, 0.5) is 0 Å². The van der Waals surface area contributed by atoms with Gasteiger partial charge in [-0.05, 0) is 25.1 Å². The van der Waals surface area contributed by atoms with Crippen molar-refractivity contribution in [1.29, 1.82) is 0 Å². The Labute approximate surface area is 125 Å². The molecule has 0 amide bonds. The number of fused-ring (bicyclic) bond motifs is 1. The summed E-state index contributed by atoms with van der Waals surface area (Å²) in [6.07, 6.45) is -2.04. The van der Waals surface area contributed by atoms with Gasteiger partial charge < -0.3 is 20.1 Å². The van der Waals surface area contributed by atoms with Crippen LogP contribution in [0.15, 0.2) is 24.4 Å². The summed E-state index contributed by atoms with van der Waals surface area (Å²) in [4.78, 5) is 15.4. The Bertz CT molecular complexity index is 676. The van der Waals surface area contributed by atoms with Crippen LogP contribution in [-0.4, -0.2) is 39.0 Å². The highest BCUT2D eigenvalue weighted by molar-refractivity contribution is 6.35. The third-order valence-electron chi connectivity index (χ3n) is 2.99. The zero-order valence-electron chi connectivity index (χ0n) is 11.2. The van der Waals surface area contributed by atoms with E-state index in [0.29, 0.717) is 5.39 Å². The van der Waals surface area contributed by atoms with Gasteiger partial charge in [0.05, 0.1) is 11.6 Å². The number of pyridine rings is 1. The quantitative estimate of drug-likeness (QED) is 0.741. The molecule has 2 aromatic rings. The van der Waals surface area contributed by atoms with Crippen LogP contribution < -0.4 is 0 Å². The van der Waals surface area contributed by atoms with E-state index in [1.165, 1.54) is 12.3 Å². The Kier molecular flexibility index (Phi) is 4.62. The first-order valence-electron chi connectivity index (χ1n) is 6.26.